The van der Waals surface area contributed by atoms with E-state index in [4.69, 9.17) is 0 Å². The molecule has 4 heteroatoms. The van der Waals surface area contributed by atoms with Gasteiger partial charge in [-0.3, -0.25) is 4.79 Å². The van der Waals surface area contributed by atoms with E-state index >= 15 is 0 Å². The fraction of sp³-hybridized carbons (Fsp3) is 0.467. The van der Waals surface area contributed by atoms with Crippen LogP contribution >= 0.6 is 0 Å². The quantitative estimate of drug-likeness (QED) is 0.770. The average molecular weight is 258 g/mol. The van der Waals surface area contributed by atoms with E-state index < -0.39 is 0 Å². The van der Waals surface area contributed by atoms with Gasteiger partial charge in [0, 0.05) is 17.4 Å². The Hall–Kier alpha value is -1.52. The smallest absolute Gasteiger partial charge is 0.274 e. The summed E-state index contributed by atoms with van der Waals surface area (Å²) in [5.41, 5.74) is 1.92. The first kappa shape index (κ1) is 12.5. The first-order valence-electron chi connectivity index (χ1n) is 6.88. The molecule has 2 aliphatic rings. The van der Waals surface area contributed by atoms with Crippen molar-refractivity contribution in [1.29, 1.82) is 0 Å². The number of fused-ring (bicyclic) bond motifs is 1. The maximum Gasteiger partial charge on any atom is 0.274 e. The van der Waals surface area contributed by atoms with Crippen molar-refractivity contribution in [2.45, 2.75) is 19.3 Å². The minimum absolute atomic E-state index is 0.0766. The third-order valence-corrected chi connectivity index (χ3v) is 3.98. The number of nitrogens with zero attached hydrogens (tertiary/aromatic N) is 1. The summed E-state index contributed by atoms with van der Waals surface area (Å²) in [7, 11) is 0. The number of carbonyl (C=O) groups is 1. The van der Waals surface area contributed by atoms with Crippen LogP contribution < -0.4 is 15.9 Å². The van der Waals surface area contributed by atoms with E-state index in [1.165, 1.54) is 0 Å². The molecule has 1 aromatic carbocycles. The van der Waals surface area contributed by atoms with Crippen molar-refractivity contribution in [2.75, 3.05) is 19.7 Å². The zero-order valence-corrected chi connectivity index (χ0v) is 10.9. The molecule has 2 heterocycles. The predicted octanol–water partition coefficient (Wildman–Crippen LogP) is -0.468. The third-order valence-electron chi connectivity index (χ3n) is 3.98. The van der Waals surface area contributed by atoms with Crippen molar-refractivity contribution in [3.05, 3.63) is 34.3 Å². The van der Waals surface area contributed by atoms with Gasteiger partial charge in [0.2, 0.25) is 0 Å². The van der Waals surface area contributed by atoms with Crippen molar-refractivity contribution < 1.29 is 9.90 Å². The highest BCUT2D eigenvalue weighted by molar-refractivity contribution is 6.16. The molecule has 2 aliphatic heterocycles. The Bertz CT molecular complexity index is 616. The topological polar surface area (TPSA) is 61.7 Å². The summed E-state index contributed by atoms with van der Waals surface area (Å²) in [6.45, 7) is 2.02. The molecule has 1 saturated heterocycles. The van der Waals surface area contributed by atoms with Crippen LogP contribution in [0.15, 0.2) is 23.2 Å². The van der Waals surface area contributed by atoms with Gasteiger partial charge < -0.3 is 10.4 Å². The van der Waals surface area contributed by atoms with Crippen LogP contribution in [0.4, 0.5) is 0 Å². The molecule has 1 aromatic rings. The van der Waals surface area contributed by atoms with Gasteiger partial charge in [0.05, 0.1) is 5.36 Å². The van der Waals surface area contributed by atoms with Crippen LogP contribution in [0.5, 0.6) is 0 Å². The maximum atomic E-state index is 12.2. The lowest BCUT2D eigenvalue weighted by molar-refractivity contribution is -0.113. The second kappa shape index (κ2) is 5.23. The summed E-state index contributed by atoms with van der Waals surface area (Å²) in [5.74, 6) is 0.228. The van der Waals surface area contributed by atoms with E-state index in [2.05, 4.69) is 10.3 Å². The normalized spacial score (nSPS) is 19.4. The summed E-state index contributed by atoms with van der Waals surface area (Å²) in [4.78, 5) is 16.4. The zero-order valence-electron chi connectivity index (χ0n) is 10.9. The number of hydrogen-bond donors (Lipinski definition) is 2. The van der Waals surface area contributed by atoms with E-state index in [0.717, 1.165) is 47.6 Å². The van der Waals surface area contributed by atoms with Crippen LogP contribution in [0.2, 0.25) is 0 Å². The summed E-state index contributed by atoms with van der Waals surface area (Å²) >= 11 is 0. The zero-order chi connectivity index (χ0) is 13.2. The second-order valence-electron chi connectivity index (χ2n) is 5.14. The molecule has 0 bridgehead atoms. The van der Waals surface area contributed by atoms with Crippen LogP contribution in [0.1, 0.15) is 18.4 Å². The molecule has 0 unspecified atom stereocenters. The first-order valence-corrected chi connectivity index (χ1v) is 6.88. The van der Waals surface area contributed by atoms with E-state index in [0.29, 0.717) is 12.3 Å². The Morgan fingerprint density at radius 2 is 2.11 bits per heavy atom. The lowest BCUT2D eigenvalue weighted by Gasteiger charge is -2.23. The molecule has 19 heavy (non-hydrogen) atoms. The first-order chi connectivity index (χ1) is 9.31. The van der Waals surface area contributed by atoms with Crippen LogP contribution in [0.3, 0.4) is 0 Å². The Morgan fingerprint density at radius 3 is 2.84 bits per heavy atom. The SMILES string of the molecule is O=C1N=c2cccc(CCO)c2=C1C1CCNCC1. The summed E-state index contributed by atoms with van der Waals surface area (Å²) < 4.78 is 0. The van der Waals surface area contributed by atoms with Gasteiger partial charge in [0.15, 0.2) is 0 Å². The highest BCUT2D eigenvalue weighted by Crippen LogP contribution is 2.23. The standard InChI is InChI=1S/C15H18N2O2/c18-9-6-10-2-1-3-12-13(10)14(15(19)17-12)11-4-7-16-8-5-11/h1-3,11,16,18H,4-9H2. The number of amides is 1. The number of aliphatic hydroxyl groups excluding tert-OH is 1. The fourth-order valence-electron chi connectivity index (χ4n) is 3.09. The summed E-state index contributed by atoms with van der Waals surface area (Å²) in [6, 6.07) is 5.79. The van der Waals surface area contributed by atoms with Gasteiger partial charge in [0.25, 0.3) is 5.91 Å². The van der Waals surface area contributed by atoms with Gasteiger partial charge >= 0.3 is 0 Å². The lowest BCUT2D eigenvalue weighted by Crippen LogP contribution is -2.34. The Morgan fingerprint density at radius 1 is 1.32 bits per heavy atom. The molecule has 0 radical (unpaired) electrons. The van der Waals surface area contributed by atoms with Crippen molar-refractivity contribution in [3.8, 4) is 0 Å². The number of benzene rings is 1. The predicted molar refractivity (Wildman–Crippen MR) is 72.0 cm³/mol. The van der Waals surface area contributed by atoms with E-state index in [1.807, 2.05) is 18.2 Å². The third kappa shape index (κ3) is 2.22. The van der Waals surface area contributed by atoms with Crippen molar-refractivity contribution in [2.24, 2.45) is 10.9 Å². The number of carbonyl (C=O) groups excluding carboxylic acids is 1. The Kier molecular flexibility index (Phi) is 3.44. The fourth-order valence-corrected chi connectivity index (χ4v) is 3.09. The molecular weight excluding hydrogens is 240 g/mol. The van der Waals surface area contributed by atoms with Crippen LogP contribution in [0.25, 0.3) is 5.57 Å². The molecule has 0 atom stereocenters. The van der Waals surface area contributed by atoms with Crippen LogP contribution in [-0.4, -0.2) is 30.7 Å². The van der Waals surface area contributed by atoms with Crippen molar-refractivity contribution in [1.82, 2.24) is 5.32 Å². The van der Waals surface area contributed by atoms with Crippen LogP contribution in [0, 0.1) is 5.92 Å². The molecule has 1 amide bonds. The van der Waals surface area contributed by atoms with Gasteiger partial charge in [-0.2, -0.15) is 0 Å². The maximum absolute atomic E-state index is 12.2. The largest absolute Gasteiger partial charge is 0.396 e. The highest BCUT2D eigenvalue weighted by atomic mass is 16.3. The number of aliphatic hydroxyl groups is 1. The van der Waals surface area contributed by atoms with Gasteiger partial charge in [-0.15, -0.1) is 0 Å². The van der Waals surface area contributed by atoms with Gasteiger partial charge in [0.1, 0.15) is 0 Å². The highest BCUT2D eigenvalue weighted by Gasteiger charge is 2.27. The van der Waals surface area contributed by atoms with E-state index in [9.17, 15) is 9.90 Å². The molecule has 0 aromatic heterocycles. The lowest BCUT2D eigenvalue weighted by atomic mass is 9.87. The minimum Gasteiger partial charge on any atom is -0.396 e. The van der Waals surface area contributed by atoms with Gasteiger partial charge in [-0.1, -0.05) is 12.1 Å². The molecule has 0 spiro atoms. The Labute approximate surface area is 111 Å². The number of piperidine rings is 1. The molecule has 2 N–H and O–H groups in total. The van der Waals surface area contributed by atoms with Gasteiger partial charge in [-0.05, 0) is 49.9 Å². The molecule has 0 aliphatic carbocycles. The number of hydrogen-bond acceptors (Lipinski definition) is 3. The number of nitrogens with one attached hydrogen (secondary N) is 1. The molecule has 3 rings (SSSR count). The van der Waals surface area contributed by atoms with E-state index in [1.54, 1.807) is 0 Å². The monoisotopic (exact) mass is 258 g/mol. The average Bonchev–Trinajstić information content (AvgIpc) is 2.77. The Balaban J connectivity index is 2.16. The van der Waals surface area contributed by atoms with Crippen LogP contribution in [-0.2, 0) is 11.2 Å². The summed E-state index contributed by atoms with van der Waals surface area (Å²) in [6.07, 6.45) is 2.56. The van der Waals surface area contributed by atoms with E-state index in [-0.39, 0.29) is 12.5 Å². The molecule has 0 saturated carbocycles. The number of rotatable bonds is 3. The minimum atomic E-state index is -0.0766. The molecular formula is C15H18N2O2. The second-order valence-corrected chi connectivity index (χ2v) is 5.14. The molecule has 100 valence electrons. The van der Waals surface area contributed by atoms with Crippen molar-refractivity contribution >= 4 is 11.5 Å². The molecule has 1 fully saturated rings. The summed E-state index contributed by atoms with van der Waals surface area (Å²) in [5, 5.41) is 14.3. The van der Waals surface area contributed by atoms with Crippen molar-refractivity contribution in [3.63, 3.8) is 0 Å². The van der Waals surface area contributed by atoms with Gasteiger partial charge in [-0.25, -0.2) is 4.99 Å². The molecule has 4 nitrogen and oxygen atoms in total.